The average molecular weight is 463 g/mol. The molecule has 146 valence electrons. The van der Waals surface area contributed by atoms with E-state index in [4.69, 9.17) is 0 Å². The van der Waals surface area contributed by atoms with Crippen LogP contribution in [0.15, 0.2) is 4.99 Å². The van der Waals surface area contributed by atoms with Gasteiger partial charge in [-0.1, -0.05) is 6.92 Å². The molecule has 1 N–H and O–H groups in total. The summed E-state index contributed by atoms with van der Waals surface area (Å²) in [4.78, 5) is 12.3. The van der Waals surface area contributed by atoms with Crippen molar-refractivity contribution in [1.29, 1.82) is 0 Å². The molecule has 3 heterocycles. The summed E-state index contributed by atoms with van der Waals surface area (Å²) in [5, 5.41) is 3.64. The number of rotatable bonds is 5. The Morgan fingerprint density at radius 2 is 1.76 bits per heavy atom. The molecule has 3 rings (SSSR count). The Bertz CT molecular complexity index is 403. The number of nitrogens with zero attached hydrogens (tertiary/aromatic N) is 4. The molecule has 25 heavy (non-hydrogen) atoms. The zero-order valence-electron chi connectivity index (χ0n) is 16.3. The molecule has 0 aromatic rings. The summed E-state index contributed by atoms with van der Waals surface area (Å²) in [6.45, 7) is 12.1. The number of aliphatic imine (C=N–C) groups is 1. The highest BCUT2D eigenvalue weighted by molar-refractivity contribution is 14.0. The van der Waals surface area contributed by atoms with Gasteiger partial charge in [0.15, 0.2) is 5.96 Å². The van der Waals surface area contributed by atoms with Crippen LogP contribution in [0.3, 0.4) is 0 Å². The van der Waals surface area contributed by atoms with Crippen LogP contribution in [0.25, 0.3) is 0 Å². The Morgan fingerprint density at radius 1 is 1.04 bits per heavy atom. The topological polar surface area (TPSA) is 34.1 Å². The van der Waals surface area contributed by atoms with Gasteiger partial charge in [-0.05, 0) is 77.2 Å². The van der Waals surface area contributed by atoms with Crippen molar-refractivity contribution in [3.63, 3.8) is 0 Å². The minimum Gasteiger partial charge on any atom is -0.356 e. The maximum atomic E-state index is 4.54. The normalized spacial score (nSPS) is 26.9. The van der Waals surface area contributed by atoms with E-state index in [-0.39, 0.29) is 24.0 Å². The first-order chi connectivity index (χ1) is 11.8. The third-order valence-corrected chi connectivity index (χ3v) is 6.32. The van der Waals surface area contributed by atoms with Crippen LogP contribution >= 0.6 is 24.0 Å². The standard InChI is InChI=1S/C19H37N5.HI/c1-3-22-13-7-17(8-14-22)6-10-21-19(20-2)24-15-9-18(16-24)23-11-4-5-12-23;/h17-18H,3-16H2,1-2H3,(H,20,21);1H. The summed E-state index contributed by atoms with van der Waals surface area (Å²) < 4.78 is 0. The highest BCUT2D eigenvalue weighted by atomic mass is 127. The molecule has 3 aliphatic rings. The van der Waals surface area contributed by atoms with Crippen LogP contribution in [-0.2, 0) is 0 Å². The van der Waals surface area contributed by atoms with E-state index in [9.17, 15) is 0 Å². The third kappa shape index (κ3) is 5.96. The summed E-state index contributed by atoms with van der Waals surface area (Å²) in [5.41, 5.74) is 0. The predicted octanol–water partition coefficient (Wildman–Crippen LogP) is 2.47. The van der Waals surface area contributed by atoms with Crippen molar-refractivity contribution < 1.29 is 0 Å². The van der Waals surface area contributed by atoms with Gasteiger partial charge in [-0.3, -0.25) is 9.89 Å². The zero-order chi connectivity index (χ0) is 16.8. The van der Waals surface area contributed by atoms with Gasteiger partial charge in [0.2, 0.25) is 0 Å². The molecule has 1 unspecified atom stereocenters. The molecule has 0 aromatic carbocycles. The molecule has 6 heteroatoms. The second-order valence-corrected chi connectivity index (χ2v) is 7.77. The van der Waals surface area contributed by atoms with Crippen LogP contribution in [0.1, 0.15) is 45.4 Å². The molecule has 0 bridgehead atoms. The number of likely N-dealkylation sites (tertiary alicyclic amines) is 3. The van der Waals surface area contributed by atoms with Crippen molar-refractivity contribution in [3.8, 4) is 0 Å². The monoisotopic (exact) mass is 463 g/mol. The van der Waals surface area contributed by atoms with Gasteiger partial charge in [-0.15, -0.1) is 24.0 Å². The summed E-state index contributed by atoms with van der Waals surface area (Å²) in [7, 11) is 1.94. The number of nitrogens with one attached hydrogen (secondary N) is 1. The van der Waals surface area contributed by atoms with E-state index < -0.39 is 0 Å². The average Bonchev–Trinajstić information content (AvgIpc) is 3.30. The Balaban J connectivity index is 0.00000225. The van der Waals surface area contributed by atoms with Crippen LogP contribution in [0, 0.1) is 5.92 Å². The molecule has 3 aliphatic heterocycles. The van der Waals surface area contributed by atoms with E-state index in [0.29, 0.717) is 0 Å². The molecule has 0 saturated carbocycles. The van der Waals surface area contributed by atoms with E-state index >= 15 is 0 Å². The molecule has 1 atom stereocenters. The molecule has 3 saturated heterocycles. The van der Waals surface area contributed by atoms with Gasteiger partial charge in [-0.2, -0.15) is 0 Å². The number of hydrogen-bond donors (Lipinski definition) is 1. The van der Waals surface area contributed by atoms with Crippen LogP contribution < -0.4 is 5.32 Å². The molecule has 0 amide bonds. The third-order valence-electron chi connectivity index (χ3n) is 6.32. The van der Waals surface area contributed by atoms with Gasteiger partial charge in [-0.25, -0.2) is 0 Å². The lowest BCUT2D eigenvalue weighted by Crippen LogP contribution is -2.43. The van der Waals surface area contributed by atoms with Crippen LogP contribution in [0.4, 0.5) is 0 Å². The van der Waals surface area contributed by atoms with Gasteiger partial charge in [0.05, 0.1) is 0 Å². The quantitative estimate of drug-likeness (QED) is 0.386. The van der Waals surface area contributed by atoms with E-state index in [1.165, 1.54) is 71.2 Å². The van der Waals surface area contributed by atoms with Crippen molar-refractivity contribution in [2.24, 2.45) is 10.9 Å². The maximum Gasteiger partial charge on any atom is 0.193 e. The molecule has 0 radical (unpaired) electrons. The molecule has 0 aliphatic carbocycles. The van der Waals surface area contributed by atoms with E-state index in [1.807, 2.05) is 7.05 Å². The summed E-state index contributed by atoms with van der Waals surface area (Å²) in [6.07, 6.45) is 8.11. The lowest BCUT2D eigenvalue weighted by molar-refractivity contribution is 0.187. The highest BCUT2D eigenvalue weighted by Crippen LogP contribution is 2.21. The molecule has 0 spiro atoms. The maximum absolute atomic E-state index is 4.54. The van der Waals surface area contributed by atoms with Gasteiger partial charge in [0, 0.05) is 32.7 Å². The number of guanidine groups is 1. The van der Waals surface area contributed by atoms with E-state index in [2.05, 4.69) is 31.9 Å². The first-order valence-corrected chi connectivity index (χ1v) is 10.2. The Kier molecular flexibility index (Phi) is 9.27. The Hall–Kier alpha value is -0.0800. The first kappa shape index (κ1) is 21.2. The van der Waals surface area contributed by atoms with Crippen molar-refractivity contribution in [1.82, 2.24) is 20.0 Å². The van der Waals surface area contributed by atoms with Crippen LogP contribution in [0.2, 0.25) is 0 Å². The lowest BCUT2D eigenvalue weighted by atomic mass is 9.93. The summed E-state index contributed by atoms with van der Waals surface area (Å²) in [5.74, 6) is 2.03. The van der Waals surface area contributed by atoms with Gasteiger partial charge in [0.1, 0.15) is 0 Å². The second-order valence-electron chi connectivity index (χ2n) is 7.77. The fraction of sp³-hybridized carbons (Fsp3) is 0.947. The van der Waals surface area contributed by atoms with E-state index in [1.54, 1.807) is 0 Å². The fourth-order valence-electron chi connectivity index (χ4n) is 4.65. The highest BCUT2D eigenvalue weighted by Gasteiger charge is 2.30. The zero-order valence-corrected chi connectivity index (χ0v) is 18.6. The second kappa shape index (κ2) is 10.9. The van der Waals surface area contributed by atoms with E-state index in [0.717, 1.165) is 37.6 Å². The van der Waals surface area contributed by atoms with Crippen molar-refractivity contribution in [2.75, 3.05) is 59.4 Å². The SMILES string of the molecule is CCN1CCC(CCNC(=NC)N2CCC(N3CCCC3)C2)CC1.I. The van der Waals surface area contributed by atoms with Crippen molar-refractivity contribution >= 4 is 29.9 Å². The smallest absolute Gasteiger partial charge is 0.193 e. The summed E-state index contributed by atoms with van der Waals surface area (Å²) in [6, 6.07) is 0.754. The molecule has 0 aromatic heterocycles. The van der Waals surface area contributed by atoms with Crippen LogP contribution in [-0.4, -0.2) is 86.1 Å². The number of halogens is 1. The lowest BCUT2D eigenvalue weighted by Gasteiger charge is -2.31. The number of piperidine rings is 1. The largest absolute Gasteiger partial charge is 0.356 e. The van der Waals surface area contributed by atoms with Crippen LogP contribution in [0.5, 0.6) is 0 Å². The molecule has 3 fully saturated rings. The predicted molar refractivity (Wildman–Crippen MR) is 117 cm³/mol. The van der Waals surface area contributed by atoms with Crippen molar-refractivity contribution in [2.45, 2.75) is 51.5 Å². The van der Waals surface area contributed by atoms with Gasteiger partial charge >= 0.3 is 0 Å². The van der Waals surface area contributed by atoms with Gasteiger partial charge < -0.3 is 15.1 Å². The van der Waals surface area contributed by atoms with Crippen molar-refractivity contribution in [3.05, 3.63) is 0 Å². The first-order valence-electron chi connectivity index (χ1n) is 10.2. The minimum absolute atomic E-state index is 0. The molecule has 5 nitrogen and oxygen atoms in total. The summed E-state index contributed by atoms with van der Waals surface area (Å²) >= 11 is 0. The molecular formula is C19H38IN5. The minimum atomic E-state index is 0. The fourth-order valence-corrected chi connectivity index (χ4v) is 4.65. The Morgan fingerprint density at radius 3 is 2.40 bits per heavy atom. The Labute approximate surface area is 171 Å². The number of hydrogen-bond acceptors (Lipinski definition) is 3. The molecular weight excluding hydrogens is 425 g/mol. The van der Waals surface area contributed by atoms with Gasteiger partial charge in [0.25, 0.3) is 0 Å².